The molecule has 0 aliphatic carbocycles. The first-order valence-corrected chi connectivity index (χ1v) is 7.17. The molecule has 4 nitrogen and oxygen atoms in total. The lowest BCUT2D eigenvalue weighted by Gasteiger charge is -2.21. The highest BCUT2D eigenvalue weighted by Crippen LogP contribution is 2.12. The van der Waals surface area contributed by atoms with Crippen molar-refractivity contribution in [3.8, 4) is 0 Å². The Morgan fingerprint density at radius 2 is 2.11 bits per heavy atom. The molecule has 0 saturated heterocycles. The molecule has 1 heterocycles. The minimum atomic E-state index is -0.0140. The van der Waals surface area contributed by atoms with E-state index in [-0.39, 0.29) is 5.91 Å². The molecule has 2 aromatic rings. The Morgan fingerprint density at radius 1 is 1.37 bits per heavy atom. The van der Waals surface area contributed by atoms with Gasteiger partial charge in [-0.15, -0.1) is 11.3 Å². The van der Waals surface area contributed by atoms with E-state index in [0.29, 0.717) is 12.2 Å². The average Bonchev–Trinajstić information content (AvgIpc) is 2.94. The van der Waals surface area contributed by atoms with E-state index in [1.165, 1.54) is 11.3 Å². The molecule has 100 valence electrons. The van der Waals surface area contributed by atoms with Gasteiger partial charge in [-0.05, 0) is 24.1 Å². The third kappa shape index (κ3) is 3.54. The van der Waals surface area contributed by atoms with Gasteiger partial charge in [-0.3, -0.25) is 4.79 Å². The van der Waals surface area contributed by atoms with E-state index >= 15 is 0 Å². The highest BCUT2D eigenvalue weighted by molar-refractivity contribution is 7.07. The summed E-state index contributed by atoms with van der Waals surface area (Å²) in [5.74, 6) is -0.0140. The van der Waals surface area contributed by atoms with E-state index < -0.39 is 0 Å². The van der Waals surface area contributed by atoms with E-state index in [4.69, 9.17) is 5.73 Å². The van der Waals surface area contributed by atoms with Crippen molar-refractivity contribution in [3.63, 3.8) is 0 Å². The molecule has 0 fully saturated rings. The second-order valence-electron chi connectivity index (χ2n) is 4.34. The van der Waals surface area contributed by atoms with Crippen LogP contribution in [0.1, 0.15) is 29.4 Å². The molecule has 5 heteroatoms. The zero-order valence-corrected chi connectivity index (χ0v) is 11.7. The molecule has 1 amide bonds. The number of benzene rings is 1. The van der Waals surface area contributed by atoms with Gasteiger partial charge in [-0.25, -0.2) is 4.98 Å². The number of amides is 1. The fraction of sp³-hybridized carbons (Fsp3) is 0.286. The molecule has 0 unspecified atom stereocenters. The maximum atomic E-state index is 12.3. The summed E-state index contributed by atoms with van der Waals surface area (Å²) in [6, 6.07) is 7.61. The van der Waals surface area contributed by atoms with Crippen LogP contribution < -0.4 is 5.73 Å². The van der Waals surface area contributed by atoms with E-state index in [1.807, 2.05) is 29.2 Å². The summed E-state index contributed by atoms with van der Waals surface area (Å²) in [5.41, 5.74) is 9.68. The number of aromatic nitrogens is 1. The van der Waals surface area contributed by atoms with E-state index in [9.17, 15) is 4.79 Å². The predicted octanol–water partition coefficient (Wildman–Crippen LogP) is 2.78. The lowest BCUT2D eigenvalue weighted by molar-refractivity contribution is 0.0738. The Morgan fingerprint density at radius 3 is 2.68 bits per heavy atom. The van der Waals surface area contributed by atoms with Crippen LogP contribution in [-0.2, 0) is 6.54 Å². The van der Waals surface area contributed by atoms with Crippen LogP contribution in [0.15, 0.2) is 35.2 Å². The first kappa shape index (κ1) is 13.5. The van der Waals surface area contributed by atoms with Gasteiger partial charge in [-0.2, -0.15) is 0 Å². The summed E-state index contributed by atoms with van der Waals surface area (Å²) in [5, 5.41) is 1.79. The van der Waals surface area contributed by atoms with Crippen molar-refractivity contribution in [1.82, 2.24) is 9.88 Å². The van der Waals surface area contributed by atoms with Crippen LogP contribution in [0, 0.1) is 0 Å². The summed E-state index contributed by atoms with van der Waals surface area (Å²) in [4.78, 5) is 18.2. The molecule has 2 N–H and O–H groups in total. The van der Waals surface area contributed by atoms with E-state index in [2.05, 4.69) is 11.9 Å². The second-order valence-corrected chi connectivity index (χ2v) is 5.06. The maximum absolute atomic E-state index is 12.3. The lowest BCUT2D eigenvalue weighted by Crippen LogP contribution is -2.31. The average molecular weight is 275 g/mol. The second kappa shape index (κ2) is 6.33. The summed E-state index contributed by atoms with van der Waals surface area (Å²) in [6.45, 7) is 3.37. The molecule has 0 saturated carbocycles. The molecule has 0 atom stereocenters. The number of nitrogens with zero attached hydrogens (tertiary/aromatic N) is 2. The van der Waals surface area contributed by atoms with Gasteiger partial charge in [0.15, 0.2) is 0 Å². The monoisotopic (exact) mass is 275 g/mol. The standard InChI is InChI=1S/C14H17N3OS/c1-2-7-17(14(18)13-9-19-10-16-13)8-11-3-5-12(15)6-4-11/h3-6,9-10H,2,7-8,15H2,1H3. The van der Waals surface area contributed by atoms with Gasteiger partial charge in [0.2, 0.25) is 0 Å². The van der Waals surface area contributed by atoms with Gasteiger partial charge in [0.1, 0.15) is 5.69 Å². The normalized spacial score (nSPS) is 10.4. The molecular weight excluding hydrogens is 258 g/mol. The maximum Gasteiger partial charge on any atom is 0.273 e. The van der Waals surface area contributed by atoms with Crippen LogP contribution in [-0.4, -0.2) is 22.3 Å². The quantitative estimate of drug-likeness (QED) is 0.854. The Balaban J connectivity index is 2.11. The molecule has 0 bridgehead atoms. The number of anilines is 1. The minimum absolute atomic E-state index is 0.0140. The third-order valence-corrected chi connectivity index (χ3v) is 3.37. The van der Waals surface area contributed by atoms with Crippen LogP contribution in [0.5, 0.6) is 0 Å². The van der Waals surface area contributed by atoms with Gasteiger partial charge >= 0.3 is 0 Å². The molecule has 0 spiro atoms. The third-order valence-electron chi connectivity index (χ3n) is 2.79. The molecule has 2 rings (SSSR count). The molecule has 1 aromatic heterocycles. The van der Waals surface area contributed by atoms with Crippen molar-refractivity contribution < 1.29 is 4.79 Å². The van der Waals surface area contributed by atoms with Crippen LogP contribution in [0.25, 0.3) is 0 Å². The highest BCUT2D eigenvalue weighted by Gasteiger charge is 2.16. The molecule has 1 aromatic carbocycles. The van der Waals surface area contributed by atoms with Crippen molar-refractivity contribution in [3.05, 3.63) is 46.4 Å². The fourth-order valence-corrected chi connectivity index (χ4v) is 2.37. The summed E-state index contributed by atoms with van der Waals surface area (Å²) in [6.07, 6.45) is 0.921. The first-order chi connectivity index (χ1) is 9.20. The Bertz CT molecular complexity index is 522. The summed E-state index contributed by atoms with van der Waals surface area (Å²) >= 11 is 1.44. The van der Waals surface area contributed by atoms with Crippen LogP contribution in [0.2, 0.25) is 0 Å². The van der Waals surface area contributed by atoms with Crippen LogP contribution in [0.4, 0.5) is 5.69 Å². The SMILES string of the molecule is CCCN(Cc1ccc(N)cc1)C(=O)c1cscn1. The van der Waals surface area contributed by atoms with Crippen LogP contribution >= 0.6 is 11.3 Å². The predicted molar refractivity (Wildman–Crippen MR) is 78.0 cm³/mol. The highest BCUT2D eigenvalue weighted by atomic mass is 32.1. The molecular formula is C14H17N3OS. The Hall–Kier alpha value is -1.88. The zero-order chi connectivity index (χ0) is 13.7. The van der Waals surface area contributed by atoms with Gasteiger partial charge < -0.3 is 10.6 Å². The molecule has 19 heavy (non-hydrogen) atoms. The van der Waals surface area contributed by atoms with E-state index in [0.717, 1.165) is 24.2 Å². The smallest absolute Gasteiger partial charge is 0.273 e. The molecule has 0 radical (unpaired) electrons. The number of nitrogens with two attached hydrogens (primary N) is 1. The van der Waals surface area contributed by atoms with Gasteiger partial charge in [0, 0.05) is 24.2 Å². The van der Waals surface area contributed by atoms with Gasteiger partial charge in [0.25, 0.3) is 5.91 Å². The topological polar surface area (TPSA) is 59.2 Å². The van der Waals surface area contributed by atoms with Gasteiger partial charge in [0.05, 0.1) is 5.51 Å². The van der Waals surface area contributed by atoms with Crippen molar-refractivity contribution in [2.24, 2.45) is 0 Å². The fourth-order valence-electron chi connectivity index (χ4n) is 1.85. The molecule has 0 aliphatic heterocycles. The van der Waals surface area contributed by atoms with Crippen molar-refractivity contribution >= 4 is 22.9 Å². The Kier molecular flexibility index (Phi) is 4.52. The number of nitrogen functional groups attached to an aromatic ring is 1. The number of hydrogen-bond acceptors (Lipinski definition) is 4. The first-order valence-electron chi connectivity index (χ1n) is 6.22. The summed E-state index contributed by atoms with van der Waals surface area (Å²) < 4.78 is 0. The largest absolute Gasteiger partial charge is 0.399 e. The van der Waals surface area contributed by atoms with Gasteiger partial charge in [-0.1, -0.05) is 19.1 Å². The minimum Gasteiger partial charge on any atom is -0.399 e. The number of rotatable bonds is 5. The molecule has 0 aliphatic rings. The van der Waals surface area contributed by atoms with Crippen molar-refractivity contribution in [2.45, 2.75) is 19.9 Å². The zero-order valence-electron chi connectivity index (χ0n) is 10.9. The lowest BCUT2D eigenvalue weighted by atomic mass is 10.2. The summed E-state index contributed by atoms with van der Waals surface area (Å²) in [7, 11) is 0. The van der Waals surface area contributed by atoms with Crippen LogP contribution in [0.3, 0.4) is 0 Å². The number of hydrogen-bond donors (Lipinski definition) is 1. The van der Waals surface area contributed by atoms with E-state index in [1.54, 1.807) is 10.9 Å². The van der Waals surface area contributed by atoms with Crippen molar-refractivity contribution in [2.75, 3.05) is 12.3 Å². The van der Waals surface area contributed by atoms with Crippen molar-refractivity contribution in [1.29, 1.82) is 0 Å². The number of carbonyl (C=O) groups excluding carboxylic acids is 1. The number of carbonyl (C=O) groups is 1. The Labute approximate surface area is 116 Å². The number of thiazole rings is 1.